The van der Waals surface area contributed by atoms with Gasteiger partial charge in [0, 0.05) is 24.1 Å². The zero-order valence-electron chi connectivity index (χ0n) is 12.8. The monoisotopic (exact) mass is 283 g/mol. The number of aryl methyl sites for hydroxylation is 1. The van der Waals surface area contributed by atoms with Crippen molar-refractivity contribution in [3.8, 4) is 17.0 Å². The molecule has 4 nitrogen and oxygen atoms in total. The smallest absolute Gasteiger partial charge is 0.134 e. The van der Waals surface area contributed by atoms with Gasteiger partial charge in [0.1, 0.15) is 17.4 Å². The Hall–Kier alpha value is -2.10. The fourth-order valence-corrected chi connectivity index (χ4v) is 2.42. The van der Waals surface area contributed by atoms with Crippen molar-refractivity contribution < 1.29 is 4.74 Å². The van der Waals surface area contributed by atoms with Gasteiger partial charge in [0.05, 0.1) is 12.8 Å². The Bertz CT molecular complexity index is 650. The van der Waals surface area contributed by atoms with Crippen LogP contribution >= 0.6 is 0 Å². The number of nitrogens with one attached hydrogen (secondary N) is 1. The van der Waals surface area contributed by atoms with E-state index in [2.05, 4.69) is 36.3 Å². The largest absolute Gasteiger partial charge is 0.496 e. The predicted octanol–water partition coefficient (Wildman–Crippen LogP) is 3.77. The standard InChI is InChI=1S/C17H21N3O/c1-4-18-16-10-14(19-17(20-16)12-6-7-12)13-9-11(2)5-8-15(13)21-3/h5,8-10,12H,4,6-7H2,1-3H3,(H,18,19,20). The summed E-state index contributed by atoms with van der Waals surface area (Å²) < 4.78 is 5.49. The van der Waals surface area contributed by atoms with Gasteiger partial charge in [0.2, 0.25) is 0 Å². The van der Waals surface area contributed by atoms with Gasteiger partial charge in [0.15, 0.2) is 0 Å². The number of benzene rings is 1. The highest BCUT2D eigenvalue weighted by Gasteiger charge is 2.27. The molecule has 110 valence electrons. The third-order valence-electron chi connectivity index (χ3n) is 3.67. The van der Waals surface area contributed by atoms with Crippen LogP contribution in [0.2, 0.25) is 0 Å². The molecule has 0 amide bonds. The Labute approximate surface area is 125 Å². The summed E-state index contributed by atoms with van der Waals surface area (Å²) in [5.74, 6) is 3.22. The van der Waals surface area contributed by atoms with Gasteiger partial charge in [-0.3, -0.25) is 0 Å². The van der Waals surface area contributed by atoms with Gasteiger partial charge in [-0.1, -0.05) is 11.6 Å². The van der Waals surface area contributed by atoms with Crippen molar-refractivity contribution in [3.63, 3.8) is 0 Å². The molecule has 0 aliphatic heterocycles. The Balaban J connectivity index is 2.10. The lowest BCUT2D eigenvalue weighted by Gasteiger charge is -2.12. The molecule has 1 saturated carbocycles. The first-order chi connectivity index (χ1) is 10.2. The van der Waals surface area contributed by atoms with E-state index in [1.807, 2.05) is 12.1 Å². The molecule has 4 heteroatoms. The van der Waals surface area contributed by atoms with Crippen LogP contribution in [0.1, 0.15) is 37.1 Å². The highest BCUT2D eigenvalue weighted by molar-refractivity contribution is 5.70. The molecule has 0 spiro atoms. The van der Waals surface area contributed by atoms with E-state index in [1.165, 1.54) is 18.4 Å². The van der Waals surface area contributed by atoms with Gasteiger partial charge in [0.25, 0.3) is 0 Å². The second kappa shape index (κ2) is 5.72. The number of ether oxygens (including phenoxy) is 1. The maximum Gasteiger partial charge on any atom is 0.134 e. The number of methoxy groups -OCH3 is 1. The predicted molar refractivity (Wildman–Crippen MR) is 84.9 cm³/mol. The lowest BCUT2D eigenvalue weighted by Crippen LogP contribution is -2.04. The fourth-order valence-electron chi connectivity index (χ4n) is 2.42. The zero-order valence-corrected chi connectivity index (χ0v) is 12.8. The molecule has 1 aliphatic rings. The van der Waals surface area contributed by atoms with Crippen LogP contribution in [0, 0.1) is 6.92 Å². The van der Waals surface area contributed by atoms with Crippen LogP contribution in [0.4, 0.5) is 5.82 Å². The number of aromatic nitrogens is 2. The molecule has 3 rings (SSSR count). The summed E-state index contributed by atoms with van der Waals surface area (Å²) in [6.07, 6.45) is 2.39. The van der Waals surface area contributed by atoms with Crippen LogP contribution in [0.5, 0.6) is 5.75 Å². The van der Waals surface area contributed by atoms with Crippen molar-refractivity contribution in [1.29, 1.82) is 0 Å². The second-order valence-electron chi connectivity index (χ2n) is 5.50. The van der Waals surface area contributed by atoms with Gasteiger partial charge in [-0.15, -0.1) is 0 Å². The summed E-state index contributed by atoms with van der Waals surface area (Å²) in [5, 5.41) is 3.30. The van der Waals surface area contributed by atoms with Crippen molar-refractivity contribution in [2.45, 2.75) is 32.6 Å². The summed E-state index contributed by atoms with van der Waals surface area (Å²) in [5.41, 5.74) is 3.16. The number of nitrogens with zero attached hydrogens (tertiary/aromatic N) is 2. The minimum absolute atomic E-state index is 0.526. The lowest BCUT2D eigenvalue weighted by molar-refractivity contribution is 0.416. The molecular formula is C17H21N3O. The molecule has 0 saturated heterocycles. The van der Waals surface area contributed by atoms with E-state index < -0.39 is 0 Å². The van der Waals surface area contributed by atoms with Crippen molar-refractivity contribution in [1.82, 2.24) is 9.97 Å². The molecule has 0 atom stereocenters. The number of hydrogen-bond acceptors (Lipinski definition) is 4. The summed E-state index contributed by atoms with van der Waals surface area (Å²) in [4.78, 5) is 9.39. The van der Waals surface area contributed by atoms with Crippen LogP contribution in [0.15, 0.2) is 24.3 Å². The normalized spacial score (nSPS) is 14.0. The van der Waals surface area contributed by atoms with Crippen LogP contribution in [0.3, 0.4) is 0 Å². The first-order valence-electron chi connectivity index (χ1n) is 7.49. The number of hydrogen-bond donors (Lipinski definition) is 1. The van der Waals surface area contributed by atoms with E-state index in [1.54, 1.807) is 7.11 Å². The van der Waals surface area contributed by atoms with Crippen molar-refractivity contribution in [2.24, 2.45) is 0 Å². The third-order valence-corrected chi connectivity index (χ3v) is 3.67. The topological polar surface area (TPSA) is 47.0 Å². The van der Waals surface area contributed by atoms with Gasteiger partial charge in [-0.25, -0.2) is 9.97 Å². The molecular weight excluding hydrogens is 262 g/mol. The Morgan fingerprint density at radius 3 is 2.71 bits per heavy atom. The second-order valence-corrected chi connectivity index (χ2v) is 5.50. The molecule has 1 fully saturated rings. The quantitative estimate of drug-likeness (QED) is 0.907. The average Bonchev–Trinajstić information content (AvgIpc) is 3.32. The molecule has 1 aliphatic carbocycles. The van der Waals surface area contributed by atoms with Crippen molar-refractivity contribution in [3.05, 3.63) is 35.7 Å². The first kappa shape index (κ1) is 13.9. The van der Waals surface area contributed by atoms with Gasteiger partial charge < -0.3 is 10.1 Å². The van der Waals surface area contributed by atoms with Crippen LogP contribution in [0.25, 0.3) is 11.3 Å². The highest BCUT2D eigenvalue weighted by Crippen LogP contribution is 2.40. The minimum Gasteiger partial charge on any atom is -0.496 e. The van der Waals surface area contributed by atoms with Gasteiger partial charge in [-0.05, 0) is 38.8 Å². The minimum atomic E-state index is 0.526. The Morgan fingerprint density at radius 1 is 1.24 bits per heavy atom. The third kappa shape index (κ3) is 2.99. The van der Waals surface area contributed by atoms with E-state index in [0.29, 0.717) is 5.92 Å². The maximum absolute atomic E-state index is 5.49. The van der Waals surface area contributed by atoms with Gasteiger partial charge >= 0.3 is 0 Å². The maximum atomic E-state index is 5.49. The van der Waals surface area contributed by atoms with Crippen LogP contribution in [-0.2, 0) is 0 Å². The summed E-state index contributed by atoms with van der Waals surface area (Å²) >= 11 is 0. The highest BCUT2D eigenvalue weighted by atomic mass is 16.5. The van der Waals surface area contributed by atoms with E-state index >= 15 is 0 Å². The summed E-state index contributed by atoms with van der Waals surface area (Å²) in [6.45, 7) is 5.01. The Morgan fingerprint density at radius 2 is 2.05 bits per heavy atom. The molecule has 0 radical (unpaired) electrons. The summed E-state index contributed by atoms with van der Waals surface area (Å²) in [7, 11) is 1.70. The average molecular weight is 283 g/mol. The Kier molecular flexibility index (Phi) is 3.78. The molecule has 0 bridgehead atoms. The molecule has 0 unspecified atom stereocenters. The molecule has 1 heterocycles. The molecule has 1 aromatic carbocycles. The SMILES string of the molecule is CCNc1cc(-c2cc(C)ccc2OC)nc(C2CC2)n1. The number of anilines is 1. The van der Waals surface area contributed by atoms with Crippen LogP contribution < -0.4 is 10.1 Å². The zero-order chi connectivity index (χ0) is 14.8. The number of rotatable bonds is 5. The first-order valence-corrected chi connectivity index (χ1v) is 7.49. The van der Waals surface area contributed by atoms with E-state index in [4.69, 9.17) is 9.72 Å². The van der Waals surface area contributed by atoms with Crippen molar-refractivity contribution in [2.75, 3.05) is 19.0 Å². The van der Waals surface area contributed by atoms with Gasteiger partial charge in [-0.2, -0.15) is 0 Å². The summed E-state index contributed by atoms with van der Waals surface area (Å²) in [6, 6.07) is 8.17. The van der Waals surface area contributed by atoms with E-state index in [9.17, 15) is 0 Å². The van der Waals surface area contributed by atoms with E-state index in [-0.39, 0.29) is 0 Å². The molecule has 2 aromatic rings. The molecule has 21 heavy (non-hydrogen) atoms. The van der Waals surface area contributed by atoms with E-state index in [0.717, 1.165) is 35.2 Å². The molecule has 1 aromatic heterocycles. The lowest BCUT2D eigenvalue weighted by atomic mass is 10.1. The van der Waals surface area contributed by atoms with Crippen molar-refractivity contribution >= 4 is 5.82 Å². The molecule has 1 N–H and O–H groups in total. The fraction of sp³-hybridized carbons (Fsp3) is 0.412. The van der Waals surface area contributed by atoms with Crippen LogP contribution in [-0.4, -0.2) is 23.6 Å².